The van der Waals surface area contributed by atoms with Crippen molar-refractivity contribution < 1.29 is 13.6 Å². The lowest BCUT2D eigenvalue weighted by Crippen LogP contribution is -2.27. The van der Waals surface area contributed by atoms with Crippen molar-refractivity contribution in [3.63, 3.8) is 0 Å². The van der Waals surface area contributed by atoms with Gasteiger partial charge in [-0.2, -0.15) is 0 Å². The van der Waals surface area contributed by atoms with Crippen molar-refractivity contribution >= 4 is 43.4 Å². The zero-order valence-electron chi connectivity index (χ0n) is 16.4. The molecule has 0 bridgehead atoms. The summed E-state index contributed by atoms with van der Waals surface area (Å²) in [6.45, 7) is -0.322. The number of hydrogen-bond acceptors (Lipinski definition) is 5. The lowest BCUT2D eigenvalue weighted by Gasteiger charge is -2.07. The predicted molar refractivity (Wildman–Crippen MR) is 120 cm³/mol. The fraction of sp³-hybridized carbons (Fsp3) is 0.0435. The Hall–Kier alpha value is -3.98. The molecule has 0 saturated heterocycles. The first kappa shape index (κ1) is 20.0. The van der Waals surface area contributed by atoms with Gasteiger partial charge >= 0.3 is 0 Å². The van der Waals surface area contributed by atoms with Crippen LogP contribution in [0.3, 0.4) is 0 Å². The first-order valence-corrected chi connectivity index (χ1v) is 10.4. The molecule has 2 aromatic carbocycles. The molecule has 5 rings (SSSR count). The highest BCUT2D eigenvalue weighted by Gasteiger charge is 2.15. The van der Waals surface area contributed by atoms with Gasteiger partial charge in [-0.15, -0.1) is 11.3 Å². The van der Waals surface area contributed by atoms with Gasteiger partial charge in [-0.1, -0.05) is 30.3 Å². The second-order valence-corrected chi connectivity index (χ2v) is 8.05. The third-order valence-electron chi connectivity index (χ3n) is 4.90. The Morgan fingerprint density at radius 1 is 1.03 bits per heavy atom. The number of fused-ring (bicyclic) bond motifs is 3. The summed E-state index contributed by atoms with van der Waals surface area (Å²) < 4.78 is 27.9. The number of pyridine rings is 1. The van der Waals surface area contributed by atoms with E-state index in [2.05, 4.69) is 15.3 Å². The summed E-state index contributed by atoms with van der Waals surface area (Å²) in [7, 11) is 0. The highest BCUT2D eigenvalue weighted by atomic mass is 32.1. The Bertz CT molecular complexity index is 1550. The molecule has 3 aromatic heterocycles. The number of carbonyl (C=O) groups is 1. The van der Waals surface area contributed by atoms with Crippen molar-refractivity contribution in [3.8, 4) is 11.3 Å². The number of carbonyl (C=O) groups excluding carboxylic acids is 1. The molecule has 158 valence electrons. The third-order valence-corrected chi connectivity index (χ3v) is 5.97. The van der Waals surface area contributed by atoms with Gasteiger partial charge in [-0.05, 0) is 24.3 Å². The van der Waals surface area contributed by atoms with Gasteiger partial charge in [0.05, 0.1) is 17.5 Å². The lowest BCUT2D eigenvalue weighted by atomic mass is 10.1. The van der Waals surface area contributed by atoms with E-state index in [-0.39, 0.29) is 17.8 Å². The molecule has 0 aliphatic rings. The van der Waals surface area contributed by atoms with Crippen molar-refractivity contribution in [1.29, 1.82) is 0 Å². The molecule has 3 heterocycles. The Morgan fingerprint density at radius 2 is 1.84 bits per heavy atom. The molecule has 0 atom stereocenters. The summed E-state index contributed by atoms with van der Waals surface area (Å²) in [5.74, 6) is -2.65. The van der Waals surface area contributed by atoms with Gasteiger partial charge in [0.25, 0.3) is 5.56 Å². The van der Waals surface area contributed by atoms with E-state index in [9.17, 15) is 18.4 Å². The van der Waals surface area contributed by atoms with E-state index in [0.717, 1.165) is 28.8 Å². The quantitative estimate of drug-likeness (QED) is 0.436. The van der Waals surface area contributed by atoms with Crippen LogP contribution >= 0.6 is 11.3 Å². The van der Waals surface area contributed by atoms with Crippen LogP contribution in [0.25, 0.3) is 31.7 Å². The van der Waals surface area contributed by atoms with Crippen molar-refractivity contribution in [2.75, 3.05) is 5.32 Å². The zero-order chi connectivity index (χ0) is 22.2. The average molecular weight is 448 g/mol. The first-order valence-electron chi connectivity index (χ1n) is 9.58. The van der Waals surface area contributed by atoms with Crippen LogP contribution in [0.4, 0.5) is 14.5 Å². The average Bonchev–Trinajstić information content (AvgIpc) is 3.17. The Labute approximate surface area is 183 Å². The van der Waals surface area contributed by atoms with Crippen LogP contribution in [0.1, 0.15) is 0 Å². The summed E-state index contributed by atoms with van der Waals surface area (Å²) in [6.07, 6.45) is 1.30. The molecule has 0 radical (unpaired) electrons. The topological polar surface area (TPSA) is 76.9 Å². The molecule has 0 saturated carbocycles. The van der Waals surface area contributed by atoms with E-state index in [1.807, 2.05) is 42.5 Å². The van der Waals surface area contributed by atoms with Crippen LogP contribution in [-0.4, -0.2) is 20.4 Å². The fourth-order valence-electron chi connectivity index (χ4n) is 3.36. The van der Waals surface area contributed by atoms with Crippen molar-refractivity contribution in [3.05, 3.63) is 89.0 Å². The Morgan fingerprint density at radius 3 is 2.62 bits per heavy atom. The number of hydrogen-bond donors (Lipinski definition) is 1. The summed E-state index contributed by atoms with van der Waals surface area (Å²) in [6, 6.07) is 16.5. The van der Waals surface area contributed by atoms with Crippen LogP contribution in [0, 0.1) is 11.6 Å². The van der Waals surface area contributed by atoms with Gasteiger partial charge in [0.2, 0.25) is 5.91 Å². The molecular formula is C23H14F2N4O2S. The maximum Gasteiger partial charge on any atom is 0.271 e. The number of benzene rings is 2. The third kappa shape index (κ3) is 3.63. The Kier molecular flexibility index (Phi) is 4.95. The number of thiophene rings is 1. The maximum absolute atomic E-state index is 13.3. The number of aromatic nitrogens is 3. The molecule has 6 nitrogen and oxygen atoms in total. The molecule has 0 aliphatic carbocycles. The molecule has 5 aromatic rings. The molecule has 1 amide bonds. The first-order chi connectivity index (χ1) is 15.5. The van der Waals surface area contributed by atoms with E-state index >= 15 is 0 Å². The van der Waals surface area contributed by atoms with Crippen molar-refractivity contribution in [2.45, 2.75) is 6.54 Å². The number of amides is 1. The second kappa shape index (κ2) is 7.93. The van der Waals surface area contributed by atoms with Crippen LogP contribution in [-0.2, 0) is 11.3 Å². The standard InChI is InChI=1S/C23H14F2N4O2S/c24-16-8-6-14(10-17(16)25)27-19(30)11-29-12-26-20-15-7-9-18(13-4-2-1-3-5-13)28-22(15)32-21(20)23(29)31/h1-10,12H,11H2,(H,27,30). The molecule has 0 aliphatic heterocycles. The minimum Gasteiger partial charge on any atom is -0.324 e. The normalized spacial score (nSPS) is 11.2. The highest BCUT2D eigenvalue weighted by Crippen LogP contribution is 2.31. The predicted octanol–water partition coefficient (Wildman–Crippen LogP) is 4.59. The van der Waals surface area contributed by atoms with Gasteiger partial charge in [0.1, 0.15) is 16.1 Å². The summed E-state index contributed by atoms with van der Waals surface area (Å²) in [5, 5.41) is 3.21. The largest absolute Gasteiger partial charge is 0.324 e. The molecular weight excluding hydrogens is 434 g/mol. The summed E-state index contributed by atoms with van der Waals surface area (Å²) in [5.41, 5.74) is 2.00. The zero-order valence-corrected chi connectivity index (χ0v) is 17.2. The van der Waals surface area contributed by atoms with E-state index in [4.69, 9.17) is 0 Å². The van der Waals surface area contributed by atoms with Gasteiger partial charge in [-0.25, -0.2) is 18.7 Å². The van der Waals surface area contributed by atoms with E-state index < -0.39 is 17.5 Å². The van der Waals surface area contributed by atoms with Crippen LogP contribution < -0.4 is 10.9 Å². The molecule has 0 fully saturated rings. The SMILES string of the molecule is O=C(Cn1cnc2c(sc3nc(-c4ccccc4)ccc32)c1=O)Nc1ccc(F)c(F)c1. The van der Waals surface area contributed by atoms with E-state index in [0.29, 0.717) is 15.0 Å². The minimum absolute atomic E-state index is 0.0930. The van der Waals surface area contributed by atoms with Crippen molar-refractivity contribution in [2.24, 2.45) is 0 Å². The van der Waals surface area contributed by atoms with Gasteiger partial charge in [0, 0.05) is 22.7 Å². The highest BCUT2D eigenvalue weighted by molar-refractivity contribution is 7.25. The summed E-state index contributed by atoms with van der Waals surface area (Å²) >= 11 is 1.22. The van der Waals surface area contributed by atoms with Gasteiger partial charge in [-0.3, -0.25) is 14.2 Å². The van der Waals surface area contributed by atoms with Crippen LogP contribution in [0.15, 0.2) is 71.8 Å². The molecule has 9 heteroatoms. The van der Waals surface area contributed by atoms with E-state index in [1.54, 1.807) is 0 Å². The minimum atomic E-state index is -1.07. The summed E-state index contributed by atoms with van der Waals surface area (Å²) in [4.78, 5) is 35.0. The number of nitrogens with zero attached hydrogens (tertiary/aromatic N) is 3. The smallest absolute Gasteiger partial charge is 0.271 e. The number of rotatable bonds is 4. The van der Waals surface area contributed by atoms with Gasteiger partial charge in [0.15, 0.2) is 11.6 Å². The van der Waals surface area contributed by atoms with Gasteiger partial charge < -0.3 is 5.32 Å². The lowest BCUT2D eigenvalue weighted by molar-refractivity contribution is -0.116. The van der Waals surface area contributed by atoms with Crippen LogP contribution in [0.5, 0.6) is 0 Å². The second-order valence-electron chi connectivity index (χ2n) is 7.05. The molecule has 0 unspecified atom stereocenters. The van der Waals surface area contributed by atoms with Crippen LogP contribution in [0.2, 0.25) is 0 Å². The molecule has 32 heavy (non-hydrogen) atoms. The fourth-order valence-corrected chi connectivity index (χ4v) is 4.44. The number of nitrogens with one attached hydrogen (secondary N) is 1. The monoisotopic (exact) mass is 448 g/mol. The molecule has 0 spiro atoms. The molecule has 1 N–H and O–H groups in total. The Balaban J connectivity index is 1.46. The maximum atomic E-state index is 13.3. The number of halogens is 2. The van der Waals surface area contributed by atoms with Crippen molar-refractivity contribution in [1.82, 2.24) is 14.5 Å². The van der Waals surface area contributed by atoms with E-state index in [1.165, 1.54) is 28.3 Å². The number of anilines is 1.